The van der Waals surface area contributed by atoms with Crippen LogP contribution < -0.4 is 10.0 Å². The standard InChI is InChI=1S/C13H19ClN2O3S/c1-10(16-20(18,19)8-4-7-14)12-5-3-6-13(9-12)15-11(2)17/h3,5-6,9-10,16H,4,7-8H2,1-2H3,(H,15,17). The van der Waals surface area contributed by atoms with Gasteiger partial charge < -0.3 is 5.32 Å². The van der Waals surface area contributed by atoms with Gasteiger partial charge in [0.1, 0.15) is 0 Å². The lowest BCUT2D eigenvalue weighted by Crippen LogP contribution is -2.29. The number of amides is 1. The van der Waals surface area contributed by atoms with E-state index in [0.29, 0.717) is 18.0 Å². The van der Waals surface area contributed by atoms with Crippen LogP contribution in [0.4, 0.5) is 5.69 Å². The number of alkyl halides is 1. The molecule has 0 saturated heterocycles. The van der Waals surface area contributed by atoms with Crippen LogP contribution in [0.5, 0.6) is 0 Å². The van der Waals surface area contributed by atoms with E-state index in [2.05, 4.69) is 10.0 Å². The van der Waals surface area contributed by atoms with Gasteiger partial charge >= 0.3 is 0 Å². The number of anilines is 1. The summed E-state index contributed by atoms with van der Waals surface area (Å²) in [6.07, 6.45) is 0.412. The number of sulfonamides is 1. The van der Waals surface area contributed by atoms with E-state index in [9.17, 15) is 13.2 Å². The Kier molecular flexibility index (Phi) is 6.45. The highest BCUT2D eigenvalue weighted by atomic mass is 35.5. The number of hydrogen-bond acceptors (Lipinski definition) is 3. The summed E-state index contributed by atoms with van der Waals surface area (Å²) < 4.78 is 26.2. The molecule has 1 rings (SSSR count). The van der Waals surface area contributed by atoms with E-state index >= 15 is 0 Å². The fourth-order valence-corrected chi connectivity index (χ4v) is 3.34. The Morgan fingerprint density at radius 1 is 1.40 bits per heavy atom. The minimum Gasteiger partial charge on any atom is -0.326 e. The molecule has 1 unspecified atom stereocenters. The molecule has 112 valence electrons. The van der Waals surface area contributed by atoms with E-state index in [1.807, 2.05) is 0 Å². The van der Waals surface area contributed by atoms with Crippen LogP contribution in [-0.2, 0) is 14.8 Å². The molecule has 0 aromatic heterocycles. The number of benzene rings is 1. The highest BCUT2D eigenvalue weighted by Crippen LogP contribution is 2.18. The first-order valence-electron chi connectivity index (χ1n) is 6.27. The molecule has 0 bridgehead atoms. The summed E-state index contributed by atoms with van der Waals surface area (Å²) in [6.45, 7) is 3.18. The fraction of sp³-hybridized carbons (Fsp3) is 0.462. The quantitative estimate of drug-likeness (QED) is 0.757. The maximum absolute atomic E-state index is 11.8. The second kappa shape index (κ2) is 7.61. The van der Waals surface area contributed by atoms with Gasteiger partial charge in [0, 0.05) is 24.5 Å². The summed E-state index contributed by atoms with van der Waals surface area (Å²) in [6, 6.07) is 6.70. The van der Waals surface area contributed by atoms with E-state index < -0.39 is 10.0 Å². The van der Waals surface area contributed by atoms with Gasteiger partial charge in [-0.1, -0.05) is 12.1 Å². The lowest BCUT2D eigenvalue weighted by molar-refractivity contribution is -0.114. The van der Waals surface area contributed by atoms with Crippen molar-refractivity contribution in [3.8, 4) is 0 Å². The van der Waals surface area contributed by atoms with Crippen molar-refractivity contribution in [2.75, 3.05) is 16.9 Å². The van der Waals surface area contributed by atoms with E-state index in [4.69, 9.17) is 11.6 Å². The minimum absolute atomic E-state index is 0.00618. The molecule has 1 aromatic carbocycles. The Morgan fingerprint density at radius 3 is 2.70 bits per heavy atom. The van der Waals surface area contributed by atoms with Gasteiger partial charge in [0.05, 0.1) is 5.75 Å². The lowest BCUT2D eigenvalue weighted by atomic mass is 10.1. The first-order chi connectivity index (χ1) is 9.34. The zero-order valence-electron chi connectivity index (χ0n) is 11.5. The molecule has 20 heavy (non-hydrogen) atoms. The largest absolute Gasteiger partial charge is 0.326 e. The monoisotopic (exact) mass is 318 g/mol. The number of carbonyl (C=O) groups is 1. The molecule has 1 amide bonds. The second-order valence-electron chi connectivity index (χ2n) is 4.51. The van der Waals surface area contributed by atoms with Crippen LogP contribution in [0, 0.1) is 0 Å². The Bertz CT molecular complexity index is 560. The maximum atomic E-state index is 11.8. The Hall–Kier alpha value is -1.11. The Morgan fingerprint density at radius 2 is 2.10 bits per heavy atom. The zero-order valence-corrected chi connectivity index (χ0v) is 13.1. The molecule has 0 fully saturated rings. The summed E-state index contributed by atoms with van der Waals surface area (Å²) >= 11 is 5.50. The third kappa shape index (κ3) is 5.90. The van der Waals surface area contributed by atoms with Gasteiger partial charge in [0.25, 0.3) is 0 Å². The smallest absolute Gasteiger partial charge is 0.221 e. The molecular formula is C13H19ClN2O3S. The summed E-state index contributed by atoms with van der Waals surface area (Å²) in [5.41, 5.74) is 1.42. The predicted octanol–water partition coefficient (Wildman–Crippen LogP) is 2.25. The van der Waals surface area contributed by atoms with Crippen molar-refractivity contribution < 1.29 is 13.2 Å². The maximum Gasteiger partial charge on any atom is 0.221 e. The van der Waals surface area contributed by atoms with Gasteiger partial charge in [-0.05, 0) is 31.0 Å². The normalized spacial score (nSPS) is 12.9. The van der Waals surface area contributed by atoms with Crippen LogP contribution in [0.2, 0.25) is 0 Å². The summed E-state index contributed by atoms with van der Waals surface area (Å²) in [4.78, 5) is 11.0. The van der Waals surface area contributed by atoms with Gasteiger partial charge in [-0.3, -0.25) is 4.79 Å². The third-order valence-electron chi connectivity index (χ3n) is 2.61. The van der Waals surface area contributed by atoms with Gasteiger partial charge in [0.15, 0.2) is 0 Å². The van der Waals surface area contributed by atoms with Crippen LogP contribution in [0.1, 0.15) is 31.9 Å². The van der Waals surface area contributed by atoms with Crippen molar-refractivity contribution in [3.05, 3.63) is 29.8 Å². The van der Waals surface area contributed by atoms with E-state index in [1.165, 1.54) is 6.92 Å². The highest BCUT2D eigenvalue weighted by Gasteiger charge is 2.15. The predicted molar refractivity (Wildman–Crippen MR) is 81.4 cm³/mol. The average Bonchev–Trinajstić information content (AvgIpc) is 2.35. The van der Waals surface area contributed by atoms with Crippen LogP contribution in [0.3, 0.4) is 0 Å². The van der Waals surface area contributed by atoms with Gasteiger partial charge in [-0.25, -0.2) is 13.1 Å². The van der Waals surface area contributed by atoms with Gasteiger partial charge in [-0.2, -0.15) is 0 Å². The Balaban J connectivity index is 2.77. The van der Waals surface area contributed by atoms with E-state index in [-0.39, 0.29) is 17.7 Å². The van der Waals surface area contributed by atoms with Crippen molar-refractivity contribution in [1.82, 2.24) is 4.72 Å². The van der Waals surface area contributed by atoms with Crippen LogP contribution >= 0.6 is 11.6 Å². The lowest BCUT2D eigenvalue weighted by Gasteiger charge is -2.15. The molecule has 1 aromatic rings. The first kappa shape index (κ1) is 16.9. The first-order valence-corrected chi connectivity index (χ1v) is 8.46. The molecule has 0 aliphatic carbocycles. The molecule has 0 radical (unpaired) electrons. The number of hydrogen-bond donors (Lipinski definition) is 2. The third-order valence-corrected chi connectivity index (χ3v) is 4.42. The number of halogens is 1. The van der Waals surface area contributed by atoms with Crippen molar-refractivity contribution in [1.29, 1.82) is 0 Å². The Labute approximate surface area is 124 Å². The minimum atomic E-state index is -3.35. The SMILES string of the molecule is CC(=O)Nc1cccc(C(C)NS(=O)(=O)CCCCl)c1. The number of rotatable bonds is 7. The average molecular weight is 319 g/mol. The molecule has 7 heteroatoms. The molecule has 0 aliphatic rings. The van der Waals surface area contributed by atoms with Crippen molar-refractivity contribution in [2.45, 2.75) is 26.3 Å². The molecular weight excluding hydrogens is 300 g/mol. The second-order valence-corrected chi connectivity index (χ2v) is 6.76. The molecule has 0 aliphatic heterocycles. The highest BCUT2D eigenvalue weighted by molar-refractivity contribution is 7.89. The number of carbonyl (C=O) groups excluding carboxylic acids is 1. The van der Waals surface area contributed by atoms with Crippen LogP contribution in [0.15, 0.2) is 24.3 Å². The summed E-state index contributed by atoms with van der Waals surface area (Å²) in [5.74, 6) is 0.150. The molecule has 1 atom stereocenters. The molecule has 0 saturated carbocycles. The van der Waals surface area contributed by atoms with Crippen molar-refractivity contribution >= 4 is 33.2 Å². The topological polar surface area (TPSA) is 75.3 Å². The fourth-order valence-electron chi connectivity index (χ4n) is 1.73. The van der Waals surface area contributed by atoms with Crippen molar-refractivity contribution in [3.63, 3.8) is 0 Å². The summed E-state index contributed by atoms with van der Waals surface area (Å²) in [5, 5.41) is 2.66. The van der Waals surface area contributed by atoms with Crippen LogP contribution in [0.25, 0.3) is 0 Å². The summed E-state index contributed by atoms with van der Waals surface area (Å²) in [7, 11) is -3.35. The van der Waals surface area contributed by atoms with Gasteiger partial charge in [-0.15, -0.1) is 11.6 Å². The zero-order chi connectivity index (χ0) is 15.2. The van der Waals surface area contributed by atoms with Gasteiger partial charge in [0.2, 0.25) is 15.9 Å². The molecule has 2 N–H and O–H groups in total. The molecule has 5 nitrogen and oxygen atoms in total. The number of nitrogens with one attached hydrogen (secondary N) is 2. The van der Waals surface area contributed by atoms with Crippen molar-refractivity contribution in [2.24, 2.45) is 0 Å². The molecule has 0 spiro atoms. The van der Waals surface area contributed by atoms with Crippen LogP contribution in [-0.4, -0.2) is 26.0 Å². The molecule has 0 heterocycles. The van der Waals surface area contributed by atoms with E-state index in [0.717, 1.165) is 5.56 Å². The van der Waals surface area contributed by atoms with E-state index in [1.54, 1.807) is 31.2 Å².